The maximum absolute atomic E-state index is 13.4. The van der Waals surface area contributed by atoms with E-state index in [0.29, 0.717) is 22.5 Å². The van der Waals surface area contributed by atoms with Gasteiger partial charge in [-0.05, 0) is 44.5 Å². The molecule has 6 nitrogen and oxygen atoms in total. The summed E-state index contributed by atoms with van der Waals surface area (Å²) in [5.41, 5.74) is 2.18. The minimum Gasteiger partial charge on any atom is -0.488 e. The molecule has 2 heterocycles. The van der Waals surface area contributed by atoms with E-state index in [9.17, 15) is 14.0 Å². The van der Waals surface area contributed by atoms with Gasteiger partial charge >= 0.3 is 0 Å². The third-order valence-electron chi connectivity index (χ3n) is 4.36. The van der Waals surface area contributed by atoms with Crippen molar-refractivity contribution in [2.24, 2.45) is 7.05 Å². The molecule has 25 heavy (non-hydrogen) atoms. The molecule has 0 bridgehead atoms. The summed E-state index contributed by atoms with van der Waals surface area (Å²) >= 11 is 0. The number of amides is 2. The van der Waals surface area contributed by atoms with E-state index in [1.807, 2.05) is 6.92 Å². The van der Waals surface area contributed by atoms with Crippen LogP contribution >= 0.6 is 0 Å². The lowest BCUT2D eigenvalue weighted by molar-refractivity contribution is 0.0939. The fourth-order valence-corrected chi connectivity index (χ4v) is 2.89. The molecule has 1 aromatic carbocycles. The van der Waals surface area contributed by atoms with Gasteiger partial charge in [-0.3, -0.25) is 9.59 Å². The molecule has 3 rings (SSSR count). The molecule has 0 saturated heterocycles. The zero-order chi connectivity index (χ0) is 18.3. The number of ether oxygens (including phenoxy) is 1. The highest BCUT2D eigenvalue weighted by Crippen LogP contribution is 2.32. The molecule has 2 aromatic rings. The third kappa shape index (κ3) is 2.97. The van der Waals surface area contributed by atoms with Gasteiger partial charge in [0.2, 0.25) is 0 Å². The molecular formula is C18H20FN3O3. The summed E-state index contributed by atoms with van der Waals surface area (Å²) in [6.45, 7) is 5.49. The molecule has 1 aromatic heterocycles. The van der Waals surface area contributed by atoms with Crippen LogP contribution in [0.25, 0.3) is 0 Å². The Morgan fingerprint density at radius 3 is 2.80 bits per heavy atom. The van der Waals surface area contributed by atoms with E-state index >= 15 is 0 Å². The number of nitrogens with one attached hydrogen (secondary N) is 2. The average molecular weight is 345 g/mol. The fourth-order valence-electron chi connectivity index (χ4n) is 2.89. The number of aromatic nitrogens is 1. The zero-order valence-corrected chi connectivity index (χ0v) is 14.6. The van der Waals surface area contributed by atoms with E-state index < -0.39 is 5.91 Å². The first kappa shape index (κ1) is 17.0. The number of rotatable bonds is 2. The first-order valence-electron chi connectivity index (χ1n) is 8.00. The fraction of sp³-hybridized carbons (Fsp3) is 0.333. The smallest absolute Gasteiger partial charge is 0.276 e. The molecule has 0 radical (unpaired) electrons. The third-order valence-corrected chi connectivity index (χ3v) is 4.36. The van der Waals surface area contributed by atoms with Gasteiger partial charge in [-0.25, -0.2) is 4.39 Å². The maximum Gasteiger partial charge on any atom is 0.276 e. The predicted octanol–water partition coefficient (Wildman–Crippen LogP) is 2.54. The normalized spacial score (nSPS) is 16.5. The zero-order valence-electron chi connectivity index (χ0n) is 14.6. The summed E-state index contributed by atoms with van der Waals surface area (Å²) in [7, 11) is 1.70. The number of hydrogen-bond acceptors (Lipinski definition) is 3. The van der Waals surface area contributed by atoms with E-state index in [4.69, 9.17) is 4.74 Å². The number of nitrogens with zero attached hydrogens (tertiary/aromatic N) is 1. The summed E-state index contributed by atoms with van der Waals surface area (Å²) in [5, 5.41) is 5.57. The number of halogens is 1. The minimum absolute atomic E-state index is 0.153. The quantitative estimate of drug-likeness (QED) is 0.879. The van der Waals surface area contributed by atoms with E-state index in [1.165, 1.54) is 12.1 Å². The molecule has 1 aliphatic rings. The SMILES string of the molecule is Cc1cc(NC(=O)c2c3c(c(C)n2C)C(=O)NC(C)CO3)ccc1F. The lowest BCUT2D eigenvalue weighted by atomic mass is 10.2. The first-order valence-corrected chi connectivity index (χ1v) is 8.00. The Kier molecular flexibility index (Phi) is 4.24. The molecule has 1 unspecified atom stereocenters. The largest absolute Gasteiger partial charge is 0.488 e. The second-order valence-corrected chi connectivity index (χ2v) is 6.30. The number of carbonyl (C=O) groups excluding carboxylic acids is 2. The molecule has 1 aliphatic heterocycles. The molecule has 0 fully saturated rings. The van der Waals surface area contributed by atoms with Crippen LogP contribution in [0.15, 0.2) is 18.2 Å². The van der Waals surface area contributed by atoms with E-state index in [2.05, 4.69) is 10.6 Å². The predicted molar refractivity (Wildman–Crippen MR) is 91.7 cm³/mol. The van der Waals surface area contributed by atoms with Gasteiger partial charge in [0.1, 0.15) is 18.0 Å². The number of carbonyl (C=O) groups is 2. The van der Waals surface area contributed by atoms with Crippen LogP contribution in [0.5, 0.6) is 5.75 Å². The van der Waals surface area contributed by atoms with Gasteiger partial charge in [0, 0.05) is 18.4 Å². The van der Waals surface area contributed by atoms with Crippen LogP contribution in [0.3, 0.4) is 0 Å². The van der Waals surface area contributed by atoms with Crippen molar-refractivity contribution < 1.29 is 18.7 Å². The first-order chi connectivity index (χ1) is 11.8. The van der Waals surface area contributed by atoms with Crippen LogP contribution in [0.1, 0.15) is 39.0 Å². The minimum atomic E-state index is -0.416. The van der Waals surface area contributed by atoms with Crippen LogP contribution in [0.4, 0.5) is 10.1 Å². The van der Waals surface area contributed by atoms with Gasteiger partial charge in [0.15, 0.2) is 11.4 Å². The van der Waals surface area contributed by atoms with Gasteiger partial charge in [-0.15, -0.1) is 0 Å². The lowest BCUT2D eigenvalue weighted by Gasteiger charge is -2.12. The lowest BCUT2D eigenvalue weighted by Crippen LogP contribution is -2.34. The van der Waals surface area contributed by atoms with Crippen molar-refractivity contribution in [3.05, 3.63) is 46.5 Å². The van der Waals surface area contributed by atoms with Crippen LogP contribution < -0.4 is 15.4 Å². The molecule has 0 spiro atoms. The van der Waals surface area contributed by atoms with Crippen LogP contribution in [0.2, 0.25) is 0 Å². The maximum atomic E-state index is 13.4. The number of hydrogen-bond donors (Lipinski definition) is 2. The Labute approximate surface area is 145 Å². The van der Waals surface area contributed by atoms with Gasteiger partial charge in [0.05, 0.1) is 6.04 Å². The number of benzene rings is 1. The van der Waals surface area contributed by atoms with Crippen molar-refractivity contribution in [3.8, 4) is 5.75 Å². The van der Waals surface area contributed by atoms with Crippen molar-refractivity contribution in [1.29, 1.82) is 0 Å². The highest BCUT2D eigenvalue weighted by Gasteiger charge is 2.32. The Hall–Kier alpha value is -2.83. The molecule has 2 amide bonds. The van der Waals surface area contributed by atoms with Crippen LogP contribution in [0, 0.1) is 19.7 Å². The Bertz CT molecular complexity index is 873. The van der Waals surface area contributed by atoms with Gasteiger partial charge in [-0.1, -0.05) is 0 Å². The van der Waals surface area contributed by atoms with Crippen molar-refractivity contribution in [3.63, 3.8) is 0 Å². The summed E-state index contributed by atoms with van der Waals surface area (Å²) in [6.07, 6.45) is 0. The Balaban J connectivity index is 1.99. The van der Waals surface area contributed by atoms with E-state index in [1.54, 1.807) is 31.5 Å². The molecule has 1 atom stereocenters. The van der Waals surface area contributed by atoms with Gasteiger partial charge in [0.25, 0.3) is 11.8 Å². The van der Waals surface area contributed by atoms with E-state index in [-0.39, 0.29) is 35.8 Å². The molecular weight excluding hydrogens is 325 g/mol. The highest BCUT2D eigenvalue weighted by molar-refractivity contribution is 6.09. The van der Waals surface area contributed by atoms with Crippen molar-refractivity contribution in [2.75, 3.05) is 11.9 Å². The van der Waals surface area contributed by atoms with Gasteiger partial charge in [-0.2, -0.15) is 0 Å². The topological polar surface area (TPSA) is 72.4 Å². The molecule has 7 heteroatoms. The van der Waals surface area contributed by atoms with E-state index in [0.717, 1.165) is 0 Å². The van der Waals surface area contributed by atoms with Crippen molar-refractivity contribution >= 4 is 17.5 Å². The monoisotopic (exact) mass is 345 g/mol. The average Bonchev–Trinajstić information content (AvgIpc) is 2.70. The Morgan fingerprint density at radius 2 is 2.12 bits per heavy atom. The summed E-state index contributed by atoms with van der Waals surface area (Å²) < 4.78 is 20.8. The standard InChI is InChI=1S/C18H20FN3O3/c1-9-7-12(5-6-13(9)19)21-18(24)15-16-14(11(3)22(15)4)17(23)20-10(2)8-25-16/h5-7,10H,8H2,1-4H3,(H,20,23)(H,21,24). The molecule has 0 saturated carbocycles. The summed E-state index contributed by atoms with van der Waals surface area (Å²) in [6, 6.07) is 4.19. The van der Waals surface area contributed by atoms with Gasteiger partial charge < -0.3 is 19.9 Å². The molecule has 132 valence electrons. The molecule has 0 aliphatic carbocycles. The number of fused-ring (bicyclic) bond motifs is 1. The summed E-state index contributed by atoms with van der Waals surface area (Å²) in [5.74, 6) is -0.737. The molecule has 2 N–H and O–H groups in total. The summed E-state index contributed by atoms with van der Waals surface area (Å²) in [4.78, 5) is 25.2. The number of anilines is 1. The van der Waals surface area contributed by atoms with Crippen molar-refractivity contribution in [2.45, 2.75) is 26.8 Å². The second-order valence-electron chi connectivity index (χ2n) is 6.30. The van der Waals surface area contributed by atoms with Crippen LogP contribution in [-0.4, -0.2) is 29.0 Å². The Morgan fingerprint density at radius 1 is 1.40 bits per heavy atom. The highest BCUT2D eigenvalue weighted by atomic mass is 19.1. The second kappa shape index (κ2) is 6.23. The van der Waals surface area contributed by atoms with Crippen molar-refractivity contribution in [1.82, 2.24) is 9.88 Å². The van der Waals surface area contributed by atoms with Crippen LogP contribution in [-0.2, 0) is 7.05 Å². The number of aryl methyl sites for hydroxylation is 1.